The van der Waals surface area contributed by atoms with Gasteiger partial charge >= 0.3 is 0 Å². The smallest absolute Gasteiger partial charge is 0.240 e. The Bertz CT molecular complexity index is 733. The number of hydrogen-bond acceptors (Lipinski definition) is 4. The molecule has 1 aromatic heterocycles. The second kappa shape index (κ2) is 9.16. The van der Waals surface area contributed by atoms with Gasteiger partial charge in [0.05, 0.1) is 24.9 Å². The van der Waals surface area contributed by atoms with E-state index < -0.39 is 0 Å². The fourth-order valence-electron chi connectivity index (χ4n) is 3.21. The second-order valence-corrected chi connectivity index (χ2v) is 6.52. The summed E-state index contributed by atoms with van der Waals surface area (Å²) >= 11 is 0. The van der Waals surface area contributed by atoms with Gasteiger partial charge < -0.3 is 15.4 Å². The van der Waals surface area contributed by atoms with Crippen LogP contribution >= 0.6 is 12.4 Å². The molecule has 0 aliphatic carbocycles. The molecule has 26 heavy (non-hydrogen) atoms. The summed E-state index contributed by atoms with van der Waals surface area (Å²) in [6.07, 6.45) is -0.114. The number of nitrogens with zero attached hydrogens (tertiary/aromatic N) is 2. The van der Waals surface area contributed by atoms with Crippen LogP contribution in [0, 0.1) is 13.8 Å². The van der Waals surface area contributed by atoms with Gasteiger partial charge in [0, 0.05) is 24.3 Å². The van der Waals surface area contributed by atoms with Crippen LogP contribution in [-0.2, 0) is 22.6 Å². The van der Waals surface area contributed by atoms with Crippen molar-refractivity contribution in [3.8, 4) is 0 Å². The Morgan fingerprint density at radius 1 is 1.35 bits per heavy atom. The van der Waals surface area contributed by atoms with Gasteiger partial charge in [0.1, 0.15) is 6.04 Å². The highest BCUT2D eigenvalue weighted by Gasteiger charge is 2.28. The summed E-state index contributed by atoms with van der Waals surface area (Å²) in [5.41, 5.74) is 4.33. The molecule has 0 bridgehead atoms. The fourth-order valence-corrected chi connectivity index (χ4v) is 3.21. The minimum Gasteiger partial charge on any atom is -0.375 e. The van der Waals surface area contributed by atoms with Crippen molar-refractivity contribution in [3.05, 3.63) is 52.8 Å². The molecule has 1 saturated heterocycles. The van der Waals surface area contributed by atoms with Crippen LogP contribution in [0.1, 0.15) is 29.4 Å². The number of morpholine rings is 1. The maximum atomic E-state index is 12.4. The van der Waals surface area contributed by atoms with Gasteiger partial charge in [-0.05, 0) is 26.3 Å². The molecule has 1 fully saturated rings. The average Bonchev–Trinajstić information content (AvgIpc) is 2.87. The Morgan fingerprint density at radius 2 is 2.08 bits per heavy atom. The first-order valence-electron chi connectivity index (χ1n) is 8.75. The summed E-state index contributed by atoms with van der Waals surface area (Å²) in [5.74, 6) is -0.0261. The van der Waals surface area contributed by atoms with Crippen LogP contribution in [0.25, 0.3) is 0 Å². The number of rotatable bonds is 5. The number of carbonyl (C=O) groups is 1. The molecule has 1 aliphatic heterocycles. The highest BCUT2D eigenvalue weighted by atomic mass is 35.5. The Hall–Kier alpha value is -1.89. The predicted octanol–water partition coefficient (Wildman–Crippen LogP) is 1.96. The van der Waals surface area contributed by atoms with Crippen LogP contribution < -0.4 is 10.6 Å². The summed E-state index contributed by atoms with van der Waals surface area (Å²) in [6, 6.07) is 9.96. The van der Waals surface area contributed by atoms with E-state index in [1.807, 2.05) is 36.7 Å². The molecule has 2 heterocycles. The van der Waals surface area contributed by atoms with Gasteiger partial charge in [0.25, 0.3) is 0 Å². The van der Waals surface area contributed by atoms with Gasteiger partial charge in [0.15, 0.2) is 0 Å². The highest BCUT2D eigenvalue weighted by Crippen LogP contribution is 2.15. The van der Waals surface area contributed by atoms with Crippen molar-refractivity contribution in [1.29, 1.82) is 0 Å². The number of halogens is 1. The average molecular weight is 379 g/mol. The van der Waals surface area contributed by atoms with Gasteiger partial charge in [0.2, 0.25) is 5.91 Å². The molecule has 2 aromatic rings. The molecule has 0 radical (unpaired) electrons. The van der Waals surface area contributed by atoms with E-state index in [0.717, 1.165) is 23.5 Å². The van der Waals surface area contributed by atoms with Crippen LogP contribution in [-0.4, -0.2) is 41.0 Å². The summed E-state index contributed by atoms with van der Waals surface area (Å²) in [7, 11) is 0. The fraction of sp³-hybridized carbons (Fsp3) is 0.474. The van der Waals surface area contributed by atoms with Crippen molar-refractivity contribution in [1.82, 2.24) is 20.4 Å². The van der Waals surface area contributed by atoms with Gasteiger partial charge in [-0.15, -0.1) is 12.4 Å². The lowest BCUT2D eigenvalue weighted by atomic mass is 10.1. The third-order valence-corrected chi connectivity index (χ3v) is 4.74. The lowest BCUT2D eigenvalue weighted by molar-refractivity contribution is -0.129. The number of aromatic nitrogens is 2. The summed E-state index contributed by atoms with van der Waals surface area (Å²) in [4.78, 5) is 12.4. The Kier molecular flexibility index (Phi) is 7.20. The largest absolute Gasteiger partial charge is 0.375 e. The van der Waals surface area contributed by atoms with Gasteiger partial charge in [-0.1, -0.05) is 30.3 Å². The zero-order valence-corrected chi connectivity index (χ0v) is 16.3. The third-order valence-electron chi connectivity index (χ3n) is 4.74. The Balaban J connectivity index is 0.00000243. The number of amides is 1. The number of nitrogens with one attached hydrogen (secondary N) is 2. The first-order valence-corrected chi connectivity index (χ1v) is 8.75. The van der Waals surface area contributed by atoms with E-state index >= 15 is 0 Å². The molecule has 142 valence electrons. The van der Waals surface area contributed by atoms with Crippen molar-refractivity contribution >= 4 is 18.3 Å². The van der Waals surface area contributed by atoms with Crippen LogP contribution in [0.15, 0.2) is 30.3 Å². The van der Waals surface area contributed by atoms with Crippen LogP contribution in [0.2, 0.25) is 0 Å². The van der Waals surface area contributed by atoms with Gasteiger partial charge in [-0.3, -0.25) is 9.48 Å². The Labute approximate surface area is 160 Å². The number of benzene rings is 1. The van der Waals surface area contributed by atoms with Crippen molar-refractivity contribution in [2.75, 3.05) is 13.2 Å². The standard InChI is InChI=1S/C19H26N4O2.ClH/c1-13-17(11-21-19(24)18-15(3)25-10-9-20-18)14(2)23(22-13)12-16-7-5-4-6-8-16;/h4-8,15,18,20H,9-12H2,1-3H3,(H,21,24);1H/t15-,18+;/m1./s1. The van der Waals surface area contributed by atoms with Crippen LogP contribution in [0.4, 0.5) is 0 Å². The van der Waals surface area contributed by atoms with E-state index in [2.05, 4.69) is 34.8 Å². The molecule has 0 unspecified atom stereocenters. The van der Waals surface area contributed by atoms with Crippen molar-refractivity contribution in [2.24, 2.45) is 0 Å². The number of carbonyl (C=O) groups excluding carboxylic acids is 1. The van der Waals surface area contributed by atoms with Crippen LogP contribution in [0.3, 0.4) is 0 Å². The molecule has 2 atom stereocenters. The van der Waals surface area contributed by atoms with E-state index in [1.165, 1.54) is 5.56 Å². The quantitative estimate of drug-likeness (QED) is 0.834. The molecule has 7 heteroatoms. The molecular formula is C19H27ClN4O2. The summed E-state index contributed by atoms with van der Waals surface area (Å²) in [5, 5.41) is 10.9. The van der Waals surface area contributed by atoms with Crippen molar-refractivity contribution in [3.63, 3.8) is 0 Å². The number of ether oxygens (including phenoxy) is 1. The molecular weight excluding hydrogens is 352 g/mol. The number of aryl methyl sites for hydroxylation is 1. The Morgan fingerprint density at radius 3 is 2.77 bits per heavy atom. The molecule has 0 saturated carbocycles. The second-order valence-electron chi connectivity index (χ2n) is 6.52. The summed E-state index contributed by atoms with van der Waals surface area (Å²) < 4.78 is 7.54. The van der Waals surface area contributed by atoms with E-state index in [0.29, 0.717) is 19.7 Å². The van der Waals surface area contributed by atoms with Gasteiger partial charge in [-0.2, -0.15) is 5.10 Å². The molecule has 1 aromatic carbocycles. The van der Waals surface area contributed by atoms with E-state index in [4.69, 9.17) is 4.74 Å². The first kappa shape index (κ1) is 20.4. The first-order chi connectivity index (χ1) is 12.1. The predicted molar refractivity (Wildman–Crippen MR) is 104 cm³/mol. The van der Waals surface area contributed by atoms with Crippen molar-refractivity contribution < 1.29 is 9.53 Å². The SMILES string of the molecule is Cc1nn(Cc2ccccc2)c(C)c1CNC(=O)[C@H]1NCCO[C@@H]1C.Cl. The third kappa shape index (κ3) is 4.63. The summed E-state index contributed by atoms with van der Waals surface area (Å²) in [6.45, 7) is 8.53. The maximum absolute atomic E-state index is 12.4. The maximum Gasteiger partial charge on any atom is 0.240 e. The molecule has 6 nitrogen and oxygen atoms in total. The van der Waals surface area contributed by atoms with E-state index in [1.54, 1.807) is 0 Å². The normalized spacial score (nSPS) is 19.7. The lowest BCUT2D eigenvalue weighted by Crippen LogP contribution is -2.55. The molecule has 2 N–H and O–H groups in total. The molecule has 1 aliphatic rings. The number of hydrogen-bond donors (Lipinski definition) is 2. The lowest BCUT2D eigenvalue weighted by Gasteiger charge is -2.29. The van der Waals surface area contributed by atoms with E-state index in [-0.39, 0.29) is 30.5 Å². The molecule has 0 spiro atoms. The topological polar surface area (TPSA) is 68.2 Å². The zero-order valence-electron chi connectivity index (χ0n) is 15.5. The minimum atomic E-state index is -0.297. The van der Waals surface area contributed by atoms with Gasteiger partial charge in [-0.25, -0.2) is 0 Å². The minimum absolute atomic E-state index is 0. The van der Waals surface area contributed by atoms with E-state index in [9.17, 15) is 4.79 Å². The zero-order chi connectivity index (χ0) is 17.8. The van der Waals surface area contributed by atoms with Crippen molar-refractivity contribution in [2.45, 2.75) is 46.0 Å². The highest BCUT2D eigenvalue weighted by molar-refractivity contribution is 5.85. The molecule has 1 amide bonds. The monoisotopic (exact) mass is 378 g/mol. The van der Waals surface area contributed by atoms with Crippen LogP contribution in [0.5, 0.6) is 0 Å². The molecule has 3 rings (SSSR count).